The summed E-state index contributed by atoms with van der Waals surface area (Å²) in [7, 11) is 0. The van der Waals surface area contributed by atoms with Crippen LogP contribution in [0.25, 0.3) is 5.82 Å². The fourth-order valence-corrected chi connectivity index (χ4v) is 2.22. The van der Waals surface area contributed by atoms with Crippen LogP contribution in [0.2, 0.25) is 0 Å². The number of anilines is 3. The summed E-state index contributed by atoms with van der Waals surface area (Å²) < 4.78 is 1.47. The molecule has 0 aliphatic carbocycles. The first-order valence-corrected chi connectivity index (χ1v) is 7.15. The minimum atomic E-state index is 0.286. The predicted octanol–water partition coefficient (Wildman–Crippen LogP) is 2.42. The number of rotatable bonds is 4. The van der Waals surface area contributed by atoms with Gasteiger partial charge in [-0.3, -0.25) is 0 Å². The lowest BCUT2D eigenvalue weighted by Crippen LogP contribution is -2.06. The minimum absolute atomic E-state index is 0.286. The highest BCUT2D eigenvalue weighted by molar-refractivity contribution is 5.59. The van der Waals surface area contributed by atoms with Gasteiger partial charge in [0.15, 0.2) is 5.82 Å². The summed E-state index contributed by atoms with van der Waals surface area (Å²) >= 11 is 0. The zero-order chi connectivity index (χ0) is 16.2. The second-order valence-corrected chi connectivity index (χ2v) is 4.84. The van der Waals surface area contributed by atoms with Crippen LogP contribution in [0.1, 0.15) is 18.2 Å². The van der Waals surface area contributed by atoms with Gasteiger partial charge >= 0.3 is 0 Å². The van der Waals surface area contributed by atoms with E-state index in [0.717, 1.165) is 5.69 Å². The maximum atomic E-state index is 9.21. The van der Waals surface area contributed by atoms with E-state index in [2.05, 4.69) is 26.5 Å². The zero-order valence-corrected chi connectivity index (χ0v) is 12.6. The van der Waals surface area contributed by atoms with Crippen molar-refractivity contribution in [3.8, 4) is 11.9 Å². The van der Waals surface area contributed by atoms with Crippen LogP contribution in [0.5, 0.6) is 0 Å². The highest BCUT2D eigenvalue weighted by Crippen LogP contribution is 2.21. The van der Waals surface area contributed by atoms with Crippen molar-refractivity contribution in [2.45, 2.75) is 13.3 Å². The van der Waals surface area contributed by atoms with Crippen LogP contribution in [0.3, 0.4) is 0 Å². The quantitative estimate of drug-likeness (QED) is 0.767. The summed E-state index contributed by atoms with van der Waals surface area (Å²) in [5.41, 5.74) is 7.98. The van der Waals surface area contributed by atoms with Crippen LogP contribution in [-0.2, 0) is 6.42 Å². The Balaban J connectivity index is 1.97. The number of hydrogen-bond acceptors (Lipinski definition) is 6. The van der Waals surface area contributed by atoms with Gasteiger partial charge in [-0.25, -0.2) is 9.97 Å². The van der Waals surface area contributed by atoms with Crippen LogP contribution in [0, 0.1) is 11.3 Å². The zero-order valence-electron chi connectivity index (χ0n) is 12.6. The van der Waals surface area contributed by atoms with E-state index in [1.54, 1.807) is 6.07 Å². The van der Waals surface area contributed by atoms with Gasteiger partial charge in [0.25, 0.3) is 0 Å². The first-order chi connectivity index (χ1) is 11.2. The SMILES string of the molecule is CCc1nn(-c2cc(Nc3ccccc3)ncn2)c(N)c1C#N. The molecule has 0 saturated heterocycles. The van der Waals surface area contributed by atoms with Crippen molar-refractivity contribution in [3.05, 3.63) is 54.0 Å². The van der Waals surface area contributed by atoms with Crippen molar-refractivity contribution in [2.24, 2.45) is 0 Å². The number of hydrogen-bond donors (Lipinski definition) is 2. The van der Waals surface area contributed by atoms with E-state index >= 15 is 0 Å². The van der Waals surface area contributed by atoms with Gasteiger partial charge in [0.1, 0.15) is 29.6 Å². The molecule has 3 rings (SSSR count). The van der Waals surface area contributed by atoms with Gasteiger partial charge < -0.3 is 11.1 Å². The third-order valence-corrected chi connectivity index (χ3v) is 3.36. The molecule has 3 aromatic rings. The third kappa shape index (κ3) is 2.82. The molecule has 2 aromatic heterocycles. The number of nitrogens with one attached hydrogen (secondary N) is 1. The predicted molar refractivity (Wildman–Crippen MR) is 87.4 cm³/mol. The third-order valence-electron chi connectivity index (χ3n) is 3.36. The van der Waals surface area contributed by atoms with Gasteiger partial charge in [-0.2, -0.15) is 15.0 Å². The Morgan fingerprint density at radius 3 is 2.70 bits per heavy atom. The topological polar surface area (TPSA) is 105 Å². The van der Waals surface area contributed by atoms with Crippen molar-refractivity contribution in [1.82, 2.24) is 19.7 Å². The van der Waals surface area contributed by atoms with E-state index in [0.29, 0.717) is 29.3 Å². The summed E-state index contributed by atoms with van der Waals surface area (Å²) in [4.78, 5) is 8.39. The van der Waals surface area contributed by atoms with Crippen LogP contribution >= 0.6 is 0 Å². The highest BCUT2D eigenvalue weighted by atomic mass is 15.3. The second kappa shape index (κ2) is 6.15. The van der Waals surface area contributed by atoms with E-state index in [1.807, 2.05) is 37.3 Å². The number of benzene rings is 1. The fourth-order valence-electron chi connectivity index (χ4n) is 2.22. The Labute approximate surface area is 133 Å². The molecule has 0 amide bonds. The van der Waals surface area contributed by atoms with Crippen molar-refractivity contribution < 1.29 is 0 Å². The summed E-state index contributed by atoms with van der Waals surface area (Å²) in [5, 5.41) is 16.8. The molecule has 2 heterocycles. The van der Waals surface area contributed by atoms with Crippen LogP contribution in [-0.4, -0.2) is 19.7 Å². The maximum Gasteiger partial charge on any atom is 0.161 e. The van der Waals surface area contributed by atoms with E-state index in [9.17, 15) is 5.26 Å². The smallest absolute Gasteiger partial charge is 0.161 e. The summed E-state index contributed by atoms with van der Waals surface area (Å²) in [6.45, 7) is 1.93. The number of nitrogen functional groups attached to an aromatic ring is 1. The highest BCUT2D eigenvalue weighted by Gasteiger charge is 2.16. The standard InChI is InChI=1S/C16H15N7/c1-2-13-12(9-17)16(18)23(22-13)15-8-14(19-10-20-15)21-11-6-4-3-5-7-11/h3-8,10H,2,18H2,1H3,(H,19,20,21). The molecule has 0 aliphatic heterocycles. The monoisotopic (exact) mass is 305 g/mol. The molecule has 0 spiro atoms. The van der Waals surface area contributed by atoms with E-state index in [1.165, 1.54) is 11.0 Å². The Morgan fingerprint density at radius 1 is 1.26 bits per heavy atom. The number of aromatic nitrogens is 4. The van der Waals surface area contributed by atoms with Crippen molar-refractivity contribution in [1.29, 1.82) is 5.26 Å². The minimum Gasteiger partial charge on any atom is -0.382 e. The average molecular weight is 305 g/mol. The normalized spacial score (nSPS) is 10.3. The van der Waals surface area contributed by atoms with E-state index in [4.69, 9.17) is 5.73 Å². The molecule has 0 unspecified atom stereocenters. The Morgan fingerprint density at radius 2 is 2.04 bits per heavy atom. The molecular weight excluding hydrogens is 290 g/mol. The van der Waals surface area contributed by atoms with Gasteiger partial charge in [-0.1, -0.05) is 25.1 Å². The lowest BCUT2D eigenvalue weighted by atomic mass is 10.2. The number of nitriles is 1. The van der Waals surface area contributed by atoms with Gasteiger partial charge in [-0.05, 0) is 18.6 Å². The molecule has 3 N–H and O–H groups in total. The lowest BCUT2D eigenvalue weighted by Gasteiger charge is -2.07. The molecule has 7 heteroatoms. The molecule has 0 radical (unpaired) electrons. The summed E-state index contributed by atoms with van der Waals surface area (Å²) in [5.74, 6) is 1.41. The number of aryl methyl sites for hydroxylation is 1. The number of para-hydroxylation sites is 1. The summed E-state index contributed by atoms with van der Waals surface area (Å²) in [6.07, 6.45) is 2.06. The second-order valence-electron chi connectivity index (χ2n) is 4.84. The van der Waals surface area contributed by atoms with Gasteiger partial charge in [0, 0.05) is 11.8 Å². The molecular formula is C16H15N7. The molecule has 0 saturated carbocycles. The van der Waals surface area contributed by atoms with Gasteiger partial charge in [0.2, 0.25) is 0 Å². The summed E-state index contributed by atoms with van der Waals surface area (Å²) in [6, 6.07) is 13.5. The first kappa shape index (κ1) is 14.5. The lowest BCUT2D eigenvalue weighted by molar-refractivity contribution is 0.819. The molecule has 0 bridgehead atoms. The van der Waals surface area contributed by atoms with Crippen LogP contribution in [0.15, 0.2) is 42.7 Å². The van der Waals surface area contributed by atoms with Crippen molar-refractivity contribution in [3.63, 3.8) is 0 Å². The average Bonchev–Trinajstić information content (AvgIpc) is 2.92. The Bertz CT molecular complexity index is 862. The molecule has 1 aromatic carbocycles. The Kier molecular flexibility index (Phi) is 3.89. The first-order valence-electron chi connectivity index (χ1n) is 7.15. The Hall–Kier alpha value is -3.40. The van der Waals surface area contributed by atoms with E-state index < -0.39 is 0 Å². The molecule has 7 nitrogen and oxygen atoms in total. The maximum absolute atomic E-state index is 9.21. The van der Waals surface area contributed by atoms with Crippen LogP contribution < -0.4 is 11.1 Å². The van der Waals surface area contributed by atoms with Crippen molar-refractivity contribution in [2.75, 3.05) is 11.1 Å². The van der Waals surface area contributed by atoms with Crippen molar-refractivity contribution >= 4 is 17.3 Å². The molecule has 0 fully saturated rings. The largest absolute Gasteiger partial charge is 0.382 e. The number of nitrogens with zero attached hydrogens (tertiary/aromatic N) is 5. The fraction of sp³-hybridized carbons (Fsp3) is 0.125. The number of nitrogens with two attached hydrogens (primary N) is 1. The molecule has 0 aliphatic rings. The molecule has 114 valence electrons. The van der Waals surface area contributed by atoms with Crippen LogP contribution in [0.4, 0.5) is 17.3 Å². The van der Waals surface area contributed by atoms with E-state index in [-0.39, 0.29) is 5.82 Å². The van der Waals surface area contributed by atoms with Gasteiger partial charge in [-0.15, -0.1) is 0 Å². The molecule has 23 heavy (non-hydrogen) atoms. The van der Waals surface area contributed by atoms with Gasteiger partial charge in [0.05, 0.1) is 5.69 Å². The molecule has 0 atom stereocenters.